The number of nitrogens with one attached hydrogen (secondary N) is 1. The van der Waals surface area contributed by atoms with Gasteiger partial charge in [-0.15, -0.1) is 0 Å². The maximum Gasteiger partial charge on any atom is 0.418 e. The molecule has 0 aliphatic rings. The average molecular weight is 340 g/mol. The summed E-state index contributed by atoms with van der Waals surface area (Å²) < 4.78 is 43.3. The minimum absolute atomic E-state index is 0.0635. The van der Waals surface area contributed by atoms with E-state index in [1.54, 1.807) is 6.92 Å². The predicted molar refractivity (Wildman–Crippen MR) is 68.8 cm³/mol. The van der Waals surface area contributed by atoms with Gasteiger partial charge in [-0.25, -0.2) is 0 Å². The zero-order valence-electron chi connectivity index (χ0n) is 10.3. The Kier molecular flexibility index (Phi) is 5.22. The van der Waals surface area contributed by atoms with Crippen LogP contribution in [-0.4, -0.2) is 19.6 Å². The highest BCUT2D eigenvalue weighted by Gasteiger charge is 2.33. The van der Waals surface area contributed by atoms with Crippen LogP contribution in [0.2, 0.25) is 0 Å². The van der Waals surface area contributed by atoms with Crippen molar-refractivity contribution in [3.05, 3.63) is 28.2 Å². The monoisotopic (exact) mass is 339 g/mol. The quantitative estimate of drug-likeness (QED) is 0.850. The Labute approximate surface area is 117 Å². The Morgan fingerprint density at radius 3 is 2.63 bits per heavy atom. The van der Waals surface area contributed by atoms with Crippen molar-refractivity contribution in [1.29, 1.82) is 0 Å². The standard InChI is InChI=1S/C12H13BrF3NO2/c1-7(11(18)19-2)6-17-10-4-3-8(13)5-9(10)12(14,15)16/h3-5,7,17H,6H2,1-2H3. The van der Waals surface area contributed by atoms with E-state index in [1.807, 2.05) is 0 Å². The third-order valence-corrected chi connectivity index (χ3v) is 2.98. The van der Waals surface area contributed by atoms with Crippen molar-refractivity contribution in [2.45, 2.75) is 13.1 Å². The summed E-state index contributed by atoms with van der Waals surface area (Å²) >= 11 is 3.00. The molecule has 0 amide bonds. The number of carbonyl (C=O) groups excluding carboxylic acids is 1. The molecular formula is C12H13BrF3NO2. The smallest absolute Gasteiger partial charge is 0.418 e. The predicted octanol–water partition coefficient (Wildman–Crippen LogP) is 3.69. The number of anilines is 1. The molecule has 0 spiro atoms. The number of rotatable bonds is 4. The molecule has 0 fully saturated rings. The maximum absolute atomic E-state index is 12.8. The van der Waals surface area contributed by atoms with Gasteiger partial charge in [-0.05, 0) is 18.2 Å². The molecular weight excluding hydrogens is 327 g/mol. The molecule has 19 heavy (non-hydrogen) atoms. The van der Waals surface area contributed by atoms with Gasteiger partial charge >= 0.3 is 12.1 Å². The van der Waals surface area contributed by atoms with Crippen molar-refractivity contribution < 1.29 is 22.7 Å². The van der Waals surface area contributed by atoms with Gasteiger partial charge in [0.2, 0.25) is 0 Å². The Morgan fingerprint density at radius 2 is 2.11 bits per heavy atom. The van der Waals surface area contributed by atoms with Crippen molar-refractivity contribution in [1.82, 2.24) is 0 Å². The SMILES string of the molecule is COC(=O)C(C)CNc1ccc(Br)cc1C(F)(F)F. The fourth-order valence-electron chi connectivity index (χ4n) is 1.45. The van der Waals surface area contributed by atoms with Crippen molar-refractivity contribution in [3.63, 3.8) is 0 Å². The van der Waals surface area contributed by atoms with Crippen LogP contribution in [0.1, 0.15) is 12.5 Å². The van der Waals surface area contributed by atoms with Gasteiger partial charge in [-0.1, -0.05) is 22.9 Å². The lowest BCUT2D eigenvalue weighted by Gasteiger charge is -2.16. The van der Waals surface area contributed by atoms with E-state index in [0.29, 0.717) is 4.47 Å². The van der Waals surface area contributed by atoms with E-state index in [0.717, 1.165) is 6.07 Å². The van der Waals surface area contributed by atoms with E-state index in [4.69, 9.17) is 0 Å². The molecule has 0 saturated heterocycles. The molecule has 0 saturated carbocycles. The van der Waals surface area contributed by atoms with E-state index in [-0.39, 0.29) is 12.2 Å². The van der Waals surface area contributed by atoms with Crippen molar-refractivity contribution in [2.75, 3.05) is 19.0 Å². The molecule has 1 atom stereocenters. The molecule has 0 radical (unpaired) electrons. The van der Waals surface area contributed by atoms with Crippen LogP contribution < -0.4 is 5.32 Å². The molecule has 106 valence electrons. The first-order chi connectivity index (χ1) is 8.75. The van der Waals surface area contributed by atoms with Crippen LogP contribution in [-0.2, 0) is 15.7 Å². The molecule has 1 rings (SSSR count). The summed E-state index contributed by atoms with van der Waals surface area (Å²) in [6, 6.07) is 3.81. The second kappa shape index (κ2) is 6.27. The van der Waals surface area contributed by atoms with Crippen LogP contribution >= 0.6 is 15.9 Å². The average Bonchev–Trinajstić information content (AvgIpc) is 2.34. The molecule has 0 aliphatic carbocycles. The molecule has 1 unspecified atom stereocenters. The van der Waals surface area contributed by atoms with Crippen LogP contribution in [0.3, 0.4) is 0 Å². The zero-order valence-corrected chi connectivity index (χ0v) is 11.9. The molecule has 7 heteroatoms. The number of alkyl halides is 3. The molecule has 1 aromatic rings. The van der Waals surface area contributed by atoms with Crippen molar-refractivity contribution in [2.24, 2.45) is 5.92 Å². The lowest BCUT2D eigenvalue weighted by molar-refractivity contribution is -0.144. The number of benzene rings is 1. The second-order valence-corrected chi connectivity index (χ2v) is 4.91. The third-order valence-electron chi connectivity index (χ3n) is 2.49. The van der Waals surface area contributed by atoms with Gasteiger partial charge in [0, 0.05) is 16.7 Å². The van der Waals surface area contributed by atoms with Gasteiger partial charge < -0.3 is 10.1 Å². The Hall–Kier alpha value is -1.24. The van der Waals surface area contributed by atoms with Gasteiger partial charge in [0.05, 0.1) is 18.6 Å². The molecule has 0 aliphatic heterocycles. The van der Waals surface area contributed by atoms with Crippen LogP contribution in [0.15, 0.2) is 22.7 Å². The molecule has 0 aromatic heterocycles. The highest BCUT2D eigenvalue weighted by atomic mass is 79.9. The number of halogens is 4. The van der Waals surface area contributed by atoms with Crippen molar-refractivity contribution in [3.8, 4) is 0 Å². The number of ether oxygens (including phenoxy) is 1. The number of hydrogen-bond acceptors (Lipinski definition) is 3. The van der Waals surface area contributed by atoms with Gasteiger partial charge in [-0.3, -0.25) is 4.79 Å². The molecule has 0 bridgehead atoms. The topological polar surface area (TPSA) is 38.3 Å². The van der Waals surface area contributed by atoms with E-state index >= 15 is 0 Å². The van der Waals surface area contributed by atoms with Crippen LogP contribution in [0.4, 0.5) is 18.9 Å². The molecule has 3 nitrogen and oxygen atoms in total. The van der Waals surface area contributed by atoms with Crippen LogP contribution in [0.25, 0.3) is 0 Å². The molecule has 1 aromatic carbocycles. The largest absolute Gasteiger partial charge is 0.469 e. The van der Waals surface area contributed by atoms with Gasteiger partial charge in [0.15, 0.2) is 0 Å². The fourth-order valence-corrected chi connectivity index (χ4v) is 1.81. The lowest BCUT2D eigenvalue weighted by Crippen LogP contribution is -2.22. The number of methoxy groups -OCH3 is 1. The first kappa shape index (κ1) is 15.8. The Morgan fingerprint density at radius 1 is 1.47 bits per heavy atom. The van der Waals surface area contributed by atoms with Crippen LogP contribution in [0.5, 0.6) is 0 Å². The fraction of sp³-hybridized carbons (Fsp3) is 0.417. The summed E-state index contributed by atoms with van der Waals surface area (Å²) in [7, 11) is 1.24. The number of esters is 1. The van der Waals surface area contributed by atoms with Crippen molar-refractivity contribution >= 4 is 27.6 Å². The van der Waals surface area contributed by atoms with E-state index in [9.17, 15) is 18.0 Å². The highest BCUT2D eigenvalue weighted by Crippen LogP contribution is 2.36. The van der Waals surface area contributed by atoms with Gasteiger partial charge in [-0.2, -0.15) is 13.2 Å². The molecule has 1 N–H and O–H groups in total. The Bertz CT molecular complexity index is 463. The number of hydrogen-bond donors (Lipinski definition) is 1. The summed E-state index contributed by atoms with van der Waals surface area (Å²) in [5, 5.41) is 2.62. The minimum atomic E-state index is -4.46. The van der Waals surface area contributed by atoms with Gasteiger partial charge in [0.25, 0.3) is 0 Å². The second-order valence-electron chi connectivity index (χ2n) is 3.99. The Balaban J connectivity index is 2.87. The van der Waals surface area contributed by atoms with Gasteiger partial charge in [0.1, 0.15) is 0 Å². The van der Waals surface area contributed by atoms with E-state index < -0.39 is 23.6 Å². The van der Waals surface area contributed by atoms with Crippen LogP contribution in [0, 0.1) is 5.92 Å². The summed E-state index contributed by atoms with van der Waals surface area (Å²) in [5.41, 5.74) is -0.842. The zero-order chi connectivity index (χ0) is 14.6. The summed E-state index contributed by atoms with van der Waals surface area (Å²) in [6.07, 6.45) is -4.46. The first-order valence-electron chi connectivity index (χ1n) is 5.44. The summed E-state index contributed by atoms with van der Waals surface area (Å²) in [5.74, 6) is -1.01. The first-order valence-corrected chi connectivity index (χ1v) is 6.23. The lowest BCUT2D eigenvalue weighted by atomic mass is 10.1. The summed E-state index contributed by atoms with van der Waals surface area (Å²) in [4.78, 5) is 11.2. The maximum atomic E-state index is 12.8. The normalized spacial score (nSPS) is 12.9. The summed E-state index contributed by atoms with van der Waals surface area (Å²) in [6.45, 7) is 1.64. The molecule has 0 heterocycles. The van der Waals surface area contributed by atoms with E-state index in [1.165, 1.54) is 19.2 Å². The number of carbonyl (C=O) groups is 1. The highest BCUT2D eigenvalue weighted by molar-refractivity contribution is 9.10. The van der Waals surface area contributed by atoms with E-state index in [2.05, 4.69) is 26.0 Å². The third kappa shape index (κ3) is 4.41. The minimum Gasteiger partial charge on any atom is -0.469 e.